The summed E-state index contributed by atoms with van der Waals surface area (Å²) in [7, 11) is 3.06. The average molecular weight is 1290 g/mol. The molecular weight excluding hydrogens is 1200 g/mol. The van der Waals surface area contributed by atoms with Gasteiger partial charge in [0.15, 0.2) is 23.0 Å². The topological polar surface area (TPSA) is 230 Å². The van der Waals surface area contributed by atoms with Gasteiger partial charge in [0.2, 0.25) is 29.5 Å². The maximum Gasteiger partial charge on any atom is 0.260 e. The molecule has 2 saturated heterocycles. The Bertz CT molecular complexity index is 3910. The summed E-state index contributed by atoms with van der Waals surface area (Å²) in [5.74, 6) is -1.22. The van der Waals surface area contributed by atoms with E-state index < -0.39 is 29.8 Å². The smallest absolute Gasteiger partial charge is 0.260 e. The van der Waals surface area contributed by atoms with Crippen LogP contribution in [-0.4, -0.2) is 140 Å². The molecule has 2 fully saturated rings. The zero-order chi connectivity index (χ0) is 66.7. The number of aliphatic imine (C=N–C) groups is 2. The maximum atomic E-state index is 14.2. The van der Waals surface area contributed by atoms with Crippen molar-refractivity contribution in [3.63, 3.8) is 0 Å². The summed E-state index contributed by atoms with van der Waals surface area (Å²) in [6, 6.07) is 20.3. The number of anilines is 2. The molecule has 1 aliphatic carbocycles. The lowest BCUT2D eigenvalue weighted by atomic mass is 9.95. The Morgan fingerprint density at radius 1 is 0.653 bits per heavy atom. The number of benzene rings is 4. The number of carbonyl (C=O) groups excluding carboxylic acids is 7. The van der Waals surface area contributed by atoms with Crippen LogP contribution in [0, 0.1) is 11.8 Å². The van der Waals surface area contributed by atoms with Crippen molar-refractivity contribution in [3.05, 3.63) is 167 Å². The van der Waals surface area contributed by atoms with Gasteiger partial charge in [-0.3, -0.25) is 48.4 Å². The second-order valence-electron chi connectivity index (χ2n) is 25.1. The number of carbonyl (C=O) groups is 7. The van der Waals surface area contributed by atoms with Crippen molar-refractivity contribution in [1.29, 1.82) is 0 Å². The predicted molar refractivity (Wildman–Crippen MR) is 368 cm³/mol. The first-order valence-electron chi connectivity index (χ1n) is 33.0. The molecule has 0 saturated carbocycles. The molecule has 7 aliphatic rings. The van der Waals surface area contributed by atoms with Crippen molar-refractivity contribution in [2.24, 2.45) is 21.8 Å². The minimum Gasteiger partial charge on any atom is -0.493 e. The lowest BCUT2D eigenvalue weighted by molar-refractivity contribution is -0.139. The van der Waals surface area contributed by atoms with Crippen LogP contribution in [0.1, 0.15) is 130 Å². The highest BCUT2D eigenvalue weighted by Crippen LogP contribution is 2.43. The van der Waals surface area contributed by atoms with Crippen LogP contribution >= 0.6 is 0 Å². The van der Waals surface area contributed by atoms with E-state index in [0.717, 1.165) is 60.2 Å². The lowest BCUT2D eigenvalue weighted by Gasteiger charge is -2.24. The Morgan fingerprint density at radius 3 is 1.85 bits per heavy atom. The number of unbranched alkanes of at least 4 members (excludes halogenated alkanes) is 2. The summed E-state index contributed by atoms with van der Waals surface area (Å²) in [6.45, 7) is 10.2. The number of ether oxygens (including phenoxy) is 4. The molecule has 0 aromatic heterocycles. The fourth-order valence-electron chi connectivity index (χ4n) is 12.9. The molecule has 0 spiro atoms. The first-order valence-corrected chi connectivity index (χ1v) is 33.0. The van der Waals surface area contributed by atoms with E-state index in [4.69, 9.17) is 28.9 Å². The van der Waals surface area contributed by atoms with Crippen LogP contribution in [0.5, 0.6) is 23.0 Å². The van der Waals surface area contributed by atoms with Crippen LogP contribution in [0.3, 0.4) is 0 Å². The molecule has 5 atom stereocenters. The summed E-state index contributed by atoms with van der Waals surface area (Å²) in [4.78, 5) is 111. The first-order chi connectivity index (χ1) is 46.1. The zero-order valence-corrected chi connectivity index (χ0v) is 54.8. The van der Waals surface area contributed by atoms with Crippen molar-refractivity contribution in [2.75, 3.05) is 57.3 Å². The molecule has 494 valence electrons. The number of amides is 7. The molecule has 7 amide bonds. The molecule has 3 N–H and O–H groups in total. The fourth-order valence-corrected chi connectivity index (χ4v) is 12.9. The molecule has 20 heteroatoms. The van der Waals surface area contributed by atoms with Gasteiger partial charge in [0, 0.05) is 100 Å². The number of nitrogens with zero attached hydrogens (tertiary/aromatic N) is 6. The number of hydrogen-bond donors (Lipinski definition) is 3. The maximum absolute atomic E-state index is 14.2. The van der Waals surface area contributed by atoms with Crippen LogP contribution in [0.25, 0.3) is 11.1 Å². The molecule has 4 aromatic carbocycles. The van der Waals surface area contributed by atoms with Crippen LogP contribution in [0.2, 0.25) is 0 Å². The average Bonchev–Trinajstić information content (AvgIpc) is 1.66. The van der Waals surface area contributed by atoms with E-state index in [1.54, 1.807) is 66.4 Å². The van der Waals surface area contributed by atoms with Gasteiger partial charge in [-0.25, -0.2) is 0 Å². The summed E-state index contributed by atoms with van der Waals surface area (Å²) < 4.78 is 23.9. The van der Waals surface area contributed by atoms with Gasteiger partial charge in [-0.1, -0.05) is 98.7 Å². The van der Waals surface area contributed by atoms with Crippen LogP contribution in [-0.2, 0) is 24.0 Å². The second kappa shape index (κ2) is 30.3. The Balaban J connectivity index is 0.619. The van der Waals surface area contributed by atoms with Gasteiger partial charge in [0.25, 0.3) is 11.8 Å². The van der Waals surface area contributed by atoms with Gasteiger partial charge >= 0.3 is 0 Å². The molecule has 20 nitrogen and oxygen atoms in total. The third kappa shape index (κ3) is 15.4. The van der Waals surface area contributed by atoms with E-state index >= 15 is 0 Å². The Morgan fingerprint density at radius 2 is 1.25 bits per heavy atom. The molecule has 95 heavy (non-hydrogen) atoms. The quantitative estimate of drug-likeness (QED) is 0.0338. The highest BCUT2D eigenvalue weighted by molar-refractivity contribution is 6.07. The van der Waals surface area contributed by atoms with Crippen molar-refractivity contribution in [3.8, 4) is 23.0 Å². The van der Waals surface area contributed by atoms with E-state index in [2.05, 4.69) is 58.1 Å². The zero-order valence-electron chi connectivity index (χ0n) is 54.8. The third-order valence-corrected chi connectivity index (χ3v) is 18.4. The monoisotopic (exact) mass is 1290 g/mol. The number of likely N-dealkylation sites (tertiary alicyclic amines) is 1. The number of fused-ring (bicyclic) bond motifs is 4. The van der Waals surface area contributed by atoms with Crippen LogP contribution in [0.4, 0.5) is 22.7 Å². The molecule has 4 aromatic rings. The highest BCUT2D eigenvalue weighted by atomic mass is 16.5. The molecular formula is C75H83N9O11. The van der Waals surface area contributed by atoms with Crippen LogP contribution in [0.15, 0.2) is 155 Å². The van der Waals surface area contributed by atoms with E-state index in [1.807, 2.05) is 87.1 Å². The van der Waals surface area contributed by atoms with Gasteiger partial charge in [0.05, 0.1) is 67.9 Å². The second-order valence-corrected chi connectivity index (χ2v) is 25.1. The number of hydrogen-bond acceptors (Lipinski definition) is 14. The molecule has 6 heterocycles. The van der Waals surface area contributed by atoms with Crippen LogP contribution < -0.4 is 39.8 Å². The molecule has 2 unspecified atom stereocenters. The van der Waals surface area contributed by atoms with Gasteiger partial charge in [-0.15, -0.1) is 0 Å². The molecule has 6 aliphatic heterocycles. The lowest BCUT2D eigenvalue weighted by Crippen LogP contribution is -2.53. The van der Waals surface area contributed by atoms with Gasteiger partial charge in [0.1, 0.15) is 12.1 Å². The van der Waals surface area contributed by atoms with E-state index in [1.165, 1.54) is 23.3 Å². The third-order valence-electron chi connectivity index (χ3n) is 18.4. The van der Waals surface area contributed by atoms with Gasteiger partial charge in [-0.05, 0) is 116 Å². The minimum atomic E-state index is -0.937. The fraction of sp³-hybridized carbons (Fsp3) is 0.373. The summed E-state index contributed by atoms with van der Waals surface area (Å²) in [5, 5.41) is 8.43. The number of allylic oxidation sites excluding steroid dienone is 8. The largest absolute Gasteiger partial charge is 0.493 e. The standard InChI is InChI=1S/C75H83N9O11/c1-7-49-18-16-31-81(33-30-49)56-28-24-51(25-29-56)54-37-58-44-77-63-42-67(65(93-6)39-61(63)75(91)84(58)46-54)95-35-17-34-94-66-41-62-60(38-64(66)92-5)74(90)83-45-53(36-57(83)43-76-62)50-22-26-55(27-23-50)79-71(87)48(4)78-72(88)70(47(2)3)80-68(85)21-14-11-15-32-82-69(86)40-59(73(82)89)52-19-12-9-8-10-13-20-52/h7-10,12-13,19-20,22-29,38-39,41-48,57-59,70H,11,14-18,21,30-37,40H2,1-6H3,(H,78,88)(H,79,87)(H,80,85)/b9-8-,10-8?,12-9?,13-10-,19-12?,20-13?,49-7-,52-19?,52-20?/t48-,57-,58-,59?,70?/m0/s1. The van der Waals surface area contributed by atoms with Crippen molar-refractivity contribution in [2.45, 2.75) is 122 Å². The minimum absolute atomic E-state index is 0.133. The normalized spacial score (nSPS) is 20.6. The van der Waals surface area contributed by atoms with E-state index in [9.17, 15) is 33.6 Å². The Kier molecular flexibility index (Phi) is 21.2. The summed E-state index contributed by atoms with van der Waals surface area (Å²) in [5.41, 5.74) is 9.66. The first kappa shape index (κ1) is 66.3. The molecule has 11 rings (SSSR count). The Hall–Kier alpha value is -10.1. The SMILES string of the molecule is C/C=C1/CCCN(c2ccc(C3=CN4C(=O)c5cc(OC)c(OCCCOc6cc7c(cc6OC)C(=O)N6C=C(c8ccc(NC(=O)[C@H](C)NC(=O)C(NC(=O)CCCCCN9C(=O)CC(C%10=C/C=C\C=C/C=C%10)C9=O)C(C)C)cc8)C[C@H]6C=N7)cc5N=C[C@@H]4C3)cc2)CC1. The molecule has 0 bridgehead atoms. The summed E-state index contributed by atoms with van der Waals surface area (Å²) in [6.07, 6.45) is 29.6. The number of nitrogens with one attached hydrogen (secondary N) is 3. The van der Waals surface area contributed by atoms with E-state index in [0.29, 0.717) is 89.7 Å². The van der Waals surface area contributed by atoms with E-state index in [-0.39, 0.29) is 80.1 Å². The summed E-state index contributed by atoms with van der Waals surface area (Å²) >= 11 is 0. The van der Waals surface area contributed by atoms with Crippen molar-refractivity contribution >= 4 is 87.7 Å². The number of methoxy groups -OCH3 is 2. The van der Waals surface area contributed by atoms with Crippen molar-refractivity contribution < 1.29 is 52.5 Å². The number of rotatable bonds is 24. The highest BCUT2D eigenvalue weighted by Gasteiger charge is 2.40. The molecule has 0 radical (unpaired) electrons. The van der Waals surface area contributed by atoms with Gasteiger partial charge in [-0.2, -0.15) is 0 Å². The van der Waals surface area contributed by atoms with Gasteiger partial charge < -0.3 is 49.6 Å². The van der Waals surface area contributed by atoms with Crippen molar-refractivity contribution in [1.82, 2.24) is 25.3 Å². The predicted octanol–water partition coefficient (Wildman–Crippen LogP) is 11.6. The number of imide groups is 1. The Labute approximate surface area is 554 Å².